The SMILES string of the molecule is C[C@@H]1c2c(C(F)(F)F)nn(CC(=O)N[C@@H](Cc3cc(F)cc(F)c3)c3nc4nc(C(N)=O)sc4cc3-c3ccc(F)c(C(N)=O)c3)c2C(F)(F)[C@@H]1C. The maximum absolute atomic E-state index is 15.4. The molecule has 0 fully saturated rings. The third-order valence-corrected chi connectivity index (χ3v) is 9.84. The summed E-state index contributed by atoms with van der Waals surface area (Å²) in [6.45, 7) is 1.13. The smallest absolute Gasteiger partial charge is 0.366 e. The van der Waals surface area contributed by atoms with E-state index in [9.17, 15) is 40.7 Å². The number of thiazole rings is 1. The Bertz CT molecular complexity index is 2270. The van der Waals surface area contributed by atoms with Crippen LogP contribution in [0.4, 0.5) is 35.1 Å². The van der Waals surface area contributed by atoms with Crippen LogP contribution in [-0.2, 0) is 29.9 Å². The van der Waals surface area contributed by atoms with E-state index in [2.05, 4.69) is 20.4 Å². The molecule has 3 atom stereocenters. The average molecular weight is 752 g/mol. The number of alkyl halides is 5. The minimum Gasteiger partial charge on any atom is -0.366 e. The highest BCUT2D eigenvalue weighted by atomic mass is 32.1. The lowest BCUT2D eigenvalue weighted by Gasteiger charge is -2.23. The summed E-state index contributed by atoms with van der Waals surface area (Å²) in [6.07, 6.45) is -5.59. The van der Waals surface area contributed by atoms with Gasteiger partial charge >= 0.3 is 6.18 Å². The van der Waals surface area contributed by atoms with Crippen LogP contribution in [0.5, 0.6) is 0 Å². The van der Waals surface area contributed by atoms with Gasteiger partial charge in [-0.3, -0.25) is 19.1 Å². The lowest BCUT2D eigenvalue weighted by molar-refractivity contribution is -0.143. The third-order valence-electron chi connectivity index (χ3n) is 8.84. The molecule has 0 saturated heterocycles. The Morgan fingerprint density at radius 2 is 1.65 bits per heavy atom. The second-order valence-corrected chi connectivity index (χ2v) is 13.3. The highest BCUT2D eigenvalue weighted by Gasteiger charge is 2.57. The monoisotopic (exact) mass is 751 g/mol. The topological polar surface area (TPSA) is 159 Å². The Morgan fingerprint density at radius 3 is 2.27 bits per heavy atom. The van der Waals surface area contributed by atoms with E-state index in [-0.39, 0.29) is 42.4 Å². The van der Waals surface area contributed by atoms with Gasteiger partial charge in [0.05, 0.1) is 22.0 Å². The van der Waals surface area contributed by atoms with E-state index in [4.69, 9.17) is 11.5 Å². The van der Waals surface area contributed by atoms with Crippen molar-refractivity contribution in [3.8, 4) is 11.1 Å². The van der Waals surface area contributed by atoms with Crippen LogP contribution in [0.3, 0.4) is 0 Å². The molecule has 1 aliphatic rings. The van der Waals surface area contributed by atoms with Gasteiger partial charge in [0.1, 0.15) is 29.7 Å². The van der Waals surface area contributed by atoms with Crippen molar-refractivity contribution in [2.45, 2.75) is 50.9 Å². The minimum absolute atomic E-state index is 0.0581. The number of pyridine rings is 1. The number of hydrogen-bond acceptors (Lipinski definition) is 7. The molecule has 52 heavy (non-hydrogen) atoms. The number of rotatable bonds is 9. The van der Waals surface area contributed by atoms with Gasteiger partial charge in [0.2, 0.25) is 5.91 Å². The fourth-order valence-electron chi connectivity index (χ4n) is 6.28. The van der Waals surface area contributed by atoms with Gasteiger partial charge in [0.25, 0.3) is 17.7 Å². The number of aromatic nitrogens is 4. The highest BCUT2D eigenvalue weighted by molar-refractivity contribution is 7.20. The van der Waals surface area contributed by atoms with Crippen molar-refractivity contribution in [1.29, 1.82) is 0 Å². The van der Waals surface area contributed by atoms with Gasteiger partial charge in [0, 0.05) is 23.1 Å². The van der Waals surface area contributed by atoms with Gasteiger partial charge in [-0.05, 0) is 53.8 Å². The van der Waals surface area contributed by atoms with E-state index in [0.29, 0.717) is 6.07 Å². The molecule has 2 aromatic carbocycles. The predicted octanol–water partition coefficient (Wildman–Crippen LogP) is 6.13. The second-order valence-electron chi connectivity index (χ2n) is 12.3. The summed E-state index contributed by atoms with van der Waals surface area (Å²) in [5, 5.41) is 5.68. The van der Waals surface area contributed by atoms with Crippen molar-refractivity contribution in [1.82, 2.24) is 25.1 Å². The van der Waals surface area contributed by atoms with E-state index in [0.717, 1.165) is 42.5 Å². The number of carbonyl (C=O) groups excluding carboxylic acids is 3. The van der Waals surface area contributed by atoms with E-state index >= 15 is 8.78 Å². The zero-order valence-corrected chi connectivity index (χ0v) is 27.6. The molecule has 0 unspecified atom stereocenters. The van der Waals surface area contributed by atoms with Gasteiger partial charge in [0.15, 0.2) is 16.3 Å². The quantitative estimate of drug-likeness (QED) is 0.154. The Balaban J connectivity index is 1.50. The molecule has 0 aliphatic heterocycles. The lowest BCUT2D eigenvalue weighted by Crippen LogP contribution is -2.35. The van der Waals surface area contributed by atoms with Gasteiger partial charge in [-0.1, -0.05) is 19.9 Å². The standard InChI is InChI=1S/C33H25F8N7O3S/c1-12-13(2)32(37,38)27-24(12)26(33(39,40)41)47-48(27)11-23(49)44-21(7-14-5-16(34)9-17(35)6-14)25-18(15-3-4-20(36)19(8-15)28(42)50)10-22-30(45-25)46-31(52-22)29(43)51/h3-6,8-10,12-13,21H,7,11H2,1-2H3,(H2,42,50)(H2,43,51)(H,44,49)/t12-,13+,21-/m0/s1. The van der Waals surface area contributed by atoms with E-state index in [1.165, 1.54) is 19.1 Å². The molecule has 19 heteroatoms. The maximum Gasteiger partial charge on any atom is 0.435 e. The minimum atomic E-state index is -5.13. The number of nitrogens with two attached hydrogens (primary N) is 2. The number of benzene rings is 2. The van der Waals surface area contributed by atoms with E-state index < -0.39 is 101 Å². The van der Waals surface area contributed by atoms with Crippen LogP contribution in [0.15, 0.2) is 42.5 Å². The van der Waals surface area contributed by atoms with Crippen LogP contribution in [0.2, 0.25) is 0 Å². The number of primary amides is 2. The Labute approximate surface area is 291 Å². The number of nitrogens with one attached hydrogen (secondary N) is 1. The molecule has 5 N–H and O–H groups in total. The Morgan fingerprint density at radius 1 is 0.981 bits per heavy atom. The maximum atomic E-state index is 15.4. The molecule has 0 radical (unpaired) electrons. The van der Waals surface area contributed by atoms with Crippen molar-refractivity contribution in [2.75, 3.05) is 0 Å². The van der Waals surface area contributed by atoms with Crippen molar-refractivity contribution >= 4 is 39.4 Å². The van der Waals surface area contributed by atoms with Crippen molar-refractivity contribution < 1.29 is 49.5 Å². The molecule has 10 nitrogen and oxygen atoms in total. The number of nitrogens with zero attached hydrogens (tertiary/aromatic N) is 4. The first-order valence-corrected chi connectivity index (χ1v) is 16.1. The Hall–Kier alpha value is -5.46. The molecule has 0 spiro atoms. The van der Waals surface area contributed by atoms with Gasteiger partial charge in [-0.2, -0.15) is 27.1 Å². The molecule has 0 saturated carbocycles. The summed E-state index contributed by atoms with van der Waals surface area (Å²) in [5.41, 5.74) is 6.65. The summed E-state index contributed by atoms with van der Waals surface area (Å²) in [5.74, 6) is -12.8. The highest BCUT2D eigenvalue weighted by Crippen LogP contribution is 2.55. The van der Waals surface area contributed by atoms with Crippen LogP contribution < -0.4 is 16.8 Å². The lowest BCUT2D eigenvalue weighted by atomic mass is 9.94. The first-order chi connectivity index (χ1) is 24.3. The van der Waals surface area contributed by atoms with Crippen molar-refractivity contribution in [3.05, 3.63) is 98.7 Å². The molecular weight excluding hydrogens is 726 g/mol. The van der Waals surface area contributed by atoms with Crippen LogP contribution >= 0.6 is 11.3 Å². The molecule has 6 rings (SSSR count). The van der Waals surface area contributed by atoms with Gasteiger partial charge in [-0.15, -0.1) is 11.3 Å². The molecule has 3 heterocycles. The molecular formula is C33H25F8N7O3S. The number of fused-ring (bicyclic) bond motifs is 2. The number of hydrogen-bond donors (Lipinski definition) is 3. The summed E-state index contributed by atoms with van der Waals surface area (Å²) in [4.78, 5) is 46.2. The fourth-order valence-corrected chi connectivity index (χ4v) is 7.08. The van der Waals surface area contributed by atoms with Crippen LogP contribution in [0.1, 0.15) is 74.2 Å². The van der Waals surface area contributed by atoms with Crippen molar-refractivity contribution in [2.24, 2.45) is 17.4 Å². The van der Waals surface area contributed by atoms with E-state index in [1.807, 2.05) is 0 Å². The van der Waals surface area contributed by atoms with Crippen LogP contribution in [0, 0.1) is 23.4 Å². The average Bonchev–Trinajstić information content (AvgIpc) is 3.69. The summed E-state index contributed by atoms with van der Waals surface area (Å²) < 4.78 is 117. The number of carbonyl (C=O) groups is 3. The molecule has 272 valence electrons. The molecule has 5 aromatic rings. The van der Waals surface area contributed by atoms with Gasteiger partial charge < -0.3 is 16.8 Å². The molecule has 1 aliphatic carbocycles. The molecule has 3 amide bonds. The van der Waals surface area contributed by atoms with Crippen molar-refractivity contribution in [3.63, 3.8) is 0 Å². The fraction of sp³-hybridized carbons (Fsp3) is 0.273. The number of halogens is 8. The first-order valence-electron chi connectivity index (χ1n) is 15.3. The second kappa shape index (κ2) is 12.9. The number of amides is 3. The molecule has 0 bridgehead atoms. The normalized spacial score (nSPS) is 17.3. The van der Waals surface area contributed by atoms with Crippen LogP contribution in [-0.4, -0.2) is 37.5 Å². The zero-order chi connectivity index (χ0) is 38.0. The summed E-state index contributed by atoms with van der Waals surface area (Å²) in [6, 6.07) is 5.59. The zero-order valence-electron chi connectivity index (χ0n) is 26.8. The molecule has 3 aromatic heterocycles. The predicted molar refractivity (Wildman–Crippen MR) is 169 cm³/mol. The Kier molecular flexibility index (Phi) is 9.05. The third kappa shape index (κ3) is 6.55. The summed E-state index contributed by atoms with van der Waals surface area (Å²) >= 11 is 0.813. The van der Waals surface area contributed by atoms with E-state index in [1.54, 1.807) is 0 Å². The van der Waals surface area contributed by atoms with Crippen LogP contribution in [0.25, 0.3) is 21.5 Å². The largest absolute Gasteiger partial charge is 0.435 e. The van der Waals surface area contributed by atoms with Gasteiger partial charge in [-0.25, -0.2) is 23.1 Å². The summed E-state index contributed by atoms with van der Waals surface area (Å²) in [7, 11) is 0. The first kappa shape index (κ1) is 36.3.